The van der Waals surface area contributed by atoms with Gasteiger partial charge in [0.1, 0.15) is 42.4 Å². The summed E-state index contributed by atoms with van der Waals surface area (Å²) >= 11 is 7.08. The highest BCUT2D eigenvalue weighted by Gasteiger charge is 2.50. The summed E-state index contributed by atoms with van der Waals surface area (Å²) in [5, 5.41) is 18.2. The van der Waals surface area contributed by atoms with Crippen LogP contribution in [0.25, 0.3) is 27.5 Å². The zero-order valence-electron chi connectivity index (χ0n) is 24.3. The van der Waals surface area contributed by atoms with Crippen molar-refractivity contribution in [1.29, 1.82) is 5.26 Å². The minimum Gasteiger partial charge on any atom is -0.489 e. The predicted molar refractivity (Wildman–Crippen MR) is 163 cm³/mol. The maximum atomic E-state index is 17.1. The molecule has 0 amide bonds. The summed E-state index contributed by atoms with van der Waals surface area (Å²) in [5.41, 5.74) is 6.41. The summed E-state index contributed by atoms with van der Waals surface area (Å²) in [7, 11) is 0. The van der Waals surface area contributed by atoms with Crippen LogP contribution in [0.4, 0.5) is 20.4 Å². The van der Waals surface area contributed by atoms with Gasteiger partial charge in [-0.25, -0.2) is 13.3 Å². The number of nitriles is 1. The molecule has 0 radical (unpaired) electrons. The van der Waals surface area contributed by atoms with E-state index in [1.807, 2.05) is 0 Å². The molecule has 0 aliphatic carbocycles. The van der Waals surface area contributed by atoms with Crippen LogP contribution in [-0.2, 0) is 0 Å². The van der Waals surface area contributed by atoms with Crippen LogP contribution in [0.15, 0.2) is 18.3 Å². The molecule has 2 bridgehead atoms. The molecule has 14 heteroatoms. The number of nitrogens with zero attached hydrogens (tertiary/aromatic N) is 7. The zero-order valence-corrected chi connectivity index (χ0v) is 25.0. The van der Waals surface area contributed by atoms with Crippen LogP contribution >= 0.6 is 11.6 Å². The molecule has 4 fully saturated rings. The van der Waals surface area contributed by atoms with E-state index in [9.17, 15) is 9.65 Å². The second-order valence-electron chi connectivity index (χ2n) is 12.9. The number of nitrogens with one attached hydrogen (secondary N) is 1. The van der Waals surface area contributed by atoms with Crippen molar-refractivity contribution < 1.29 is 18.3 Å². The fourth-order valence-corrected chi connectivity index (χ4v) is 8.80. The lowest BCUT2D eigenvalue weighted by atomic mass is 9.95. The molecule has 5 atom stereocenters. The van der Waals surface area contributed by atoms with Gasteiger partial charge in [0.2, 0.25) is 0 Å². The van der Waals surface area contributed by atoms with Gasteiger partial charge in [-0.1, -0.05) is 17.7 Å². The van der Waals surface area contributed by atoms with E-state index in [1.54, 1.807) is 18.3 Å². The predicted octanol–water partition coefficient (Wildman–Crippen LogP) is 3.85. The van der Waals surface area contributed by atoms with E-state index < -0.39 is 17.5 Å². The third-order valence-electron chi connectivity index (χ3n) is 10.5. The number of piperazine rings is 1. The smallest absolute Gasteiger partial charge is 0.319 e. The van der Waals surface area contributed by atoms with Gasteiger partial charge in [-0.05, 0) is 38.3 Å². The van der Waals surface area contributed by atoms with Crippen molar-refractivity contribution in [3.8, 4) is 29.0 Å². The minimum absolute atomic E-state index is 0.000467. The maximum Gasteiger partial charge on any atom is 0.319 e. The topological polar surface area (TPSA) is 130 Å². The number of nitrogens with two attached hydrogens (primary N) is 1. The van der Waals surface area contributed by atoms with E-state index in [0.29, 0.717) is 48.4 Å². The number of ether oxygens (including phenoxy) is 2. The molecule has 4 aromatic rings. The molecule has 232 valence electrons. The summed E-state index contributed by atoms with van der Waals surface area (Å²) in [6, 6.07) is 5.83. The Hall–Kier alpha value is -3.99. The molecule has 3 N–H and O–H groups in total. The summed E-state index contributed by atoms with van der Waals surface area (Å²) in [4.78, 5) is 13.9. The van der Waals surface area contributed by atoms with E-state index >= 15 is 4.39 Å². The first-order valence-corrected chi connectivity index (χ1v) is 15.8. The number of hydrogen-bond donors (Lipinski definition) is 2. The number of pyridine rings is 1. The second kappa shape index (κ2) is 9.75. The van der Waals surface area contributed by atoms with Crippen LogP contribution in [0.3, 0.4) is 0 Å². The summed E-state index contributed by atoms with van der Waals surface area (Å²) in [6.45, 7) is 2.40. The zero-order chi connectivity index (χ0) is 30.6. The van der Waals surface area contributed by atoms with Crippen LogP contribution in [0.2, 0.25) is 5.02 Å². The Morgan fingerprint density at radius 3 is 3.04 bits per heavy atom. The molecule has 11 nitrogen and oxygen atoms in total. The Bertz CT molecular complexity index is 1950. The Balaban J connectivity index is 1.25. The Morgan fingerprint density at radius 1 is 1.29 bits per heavy atom. The van der Waals surface area contributed by atoms with Gasteiger partial charge in [0.05, 0.1) is 27.5 Å². The number of halogens is 3. The van der Waals surface area contributed by atoms with E-state index in [2.05, 4.69) is 31.3 Å². The van der Waals surface area contributed by atoms with Gasteiger partial charge in [-0.2, -0.15) is 15.2 Å². The molecule has 3 aromatic heterocycles. The average molecular weight is 634 g/mol. The lowest BCUT2D eigenvalue weighted by molar-refractivity contribution is 0.107. The number of fused-ring (bicyclic) bond motifs is 7. The molecule has 5 aliphatic heterocycles. The van der Waals surface area contributed by atoms with Gasteiger partial charge < -0.3 is 25.4 Å². The summed E-state index contributed by atoms with van der Waals surface area (Å²) in [6.07, 6.45) is 4.92. The summed E-state index contributed by atoms with van der Waals surface area (Å²) < 4.78 is 45.8. The molecular formula is C31H30ClF2N9O2. The van der Waals surface area contributed by atoms with Crippen molar-refractivity contribution in [2.24, 2.45) is 0 Å². The molecule has 9 rings (SSSR count). The number of alkyl halides is 1. The molecule has 1 aromatic carbocycles. The second-order valence-corrected chi connectivity index (χ2v) is 13.3. The van der Waals surface area contributed by atoms with Crippen LogP contribution in [0, 0.1) is 17.1 Å². The third kappa shape index (κ3) is 3.88. The van der Waals surface area contributed by atoms with Gasteiger partial charge >= 0.3 is 6.01 Å². The van der Waals surface area contributed by atoms with Crippen LogP contribution in [0.1, 0.15) is 37.7 Å². The fourth-order valence-electron chi connectivity index (χ4n) is 8.46. The molecule has 0 spiro atoms. The lowest BCUT2D eigenvalue weighted by Gasteiger charge is -2.40. The molecule has 4 saturated heterocycles. The SMILES string of the molecule is N#Cc1c(N)nn2cccc(-c3c(Cl)c4c5c(nc(OC[C@@]67CCCN6C[C@H](F)C7)nc5c3F)N3CC5CCC(N5)C3CO4)c12. The Labute approximate surface area is 261 Å². The van der Waals surface area contributed by atoms with Gasteiger partial charge in [0.25, 0.3) is 0 Å². The van der Waals surface area contributed by atoms with Crippen molar-refractivity contribution in [2.45, 2.75) is 61.9 Å². The largest absolute Gasteiger partial charge is 0.489 e. The van der Waals surface area contributed by atoms with Crippen LogP contribution in [0.5, 0.6) is 11.8 Å². The van der Waals surface area contributed by atoms with Crippen molar-refractivity contribution in [1.82, 2.24) is 29.8 Å². The Kier molecular flexibility index (Phi) is 5.92. The van der Waals surface area contributed by atoms with E-state index in [-0.39, 0.29) is 64.0 Å². The minimum atomic E-state index is -0.909. The number of nitrogen functional groups attached to an aromatic ring is 1. The number of rotatable bonds is 4. The quantitative estimate of drug-likeness (QED) is 0.342. The molecule has 3 unspecified atom stereocenters. The van der Waals surface area contributed by atoms with Crippen molar-refractivity contribution in [2.75, 3.05) is 43.5 Å². The normalized spacial score (nSPS) is 28.6. The molecule has 0 saturated carbocycles. The number of aromatic nitrogens is 4. The monoisotopic (exact) mass is 633 g/mol. The summed E-state index contributed by atoms with van der Waals surface area (Å²) in [5.74, 6) is 0.117. The lowest BCUT2D eigenvalue weighted by Crippen LogP contribution is -2.60. The Morgan fingerprint density at radius 2 is 2.18 bits per heavy atom. The van der Waals surface area contributed by atoms with Crippen LogP contribution < -0.4 is 25.4 Å². The van der Waals surface area contributed by atoms with Crippen molar-refractivity contribution in [3.05, 3.63) is 34.7 Å². The maximum absolute atomic E-state index is 17.1. The van der Waals surface area contributed by atoms with Gasteiger partial charge in [0, 0.05) is 48.9 Å². The molecule has 45 heavy (non-hydrogen) atoms. The van der Waals surface area contributed by atoms with Gasteiger partial charge in [0.15, 0.2) is 17.4 Å². The highest BCUT2D eigenvalue weighted by Crippen LogP contribution is 2.50. The van der Waals surface area contributed by atoms with E-state index in [4.69, 9.17) is 31.8 Å². The van der Waals surface area contributed by atoms with Gasteiger partial charge in [-0.15, -0.1) is 5.10 Å². The van der Waals surface area contributed by atoms with Gasteiger partial charge in [-0.3, -0.25) is 4.90 Å². The number of benzene rings is 1. The highest BCUT2D eigenvalue weighted by atomic mass is 35.5. The molecule has 8 heterocycles. The fraction of sp³-hybridized carbons (Fsp3) is 0.484. The third-order valence-corrected chi connectivity index (χ3v) is 10.8. The number of hydrogen-bond acceptors (Lipinski definition) is 10. The first-order valence-electron chi connectivity index (χ1n) is 15.4. The van der Waals surface area contributed by atoms with Crippen LogP contribution in [-0.4, -0.2) is 87.2 Å². The van der Waals surface area contributed by atoms with E-state index in [0.717, 1.165) is 32.2 Å². The van der Waals surface area contributed by atoms with E-state index in [1.165, 1.54) is 4.52 Å². The standard InChI is InChI=1S/C31H30ClF2N9O2/c32-23-21(17-3-1-8-43-26(17)18(10-35)28(36)40-43)24(34)25-22-27(23)44-13-20-19-5-4-16(37-19)12-42(20)29(22)39-30(38-25)45-14-31-6-2-7-41(31)11-15(33)9-31/h1,3,8,15-16,19-20,37H,2,4-7,9,11-14H2,(H2,36,40)/t15-,16?,19?,20?,31+/m1/s1. The number of anilines is 2. The first-order chi connectivity index (χ1) is 21.8. The highest BCUT2D eigenvalue weighted by molar-refractivity contribution is 6.37. The molecular weight excluding hydrogens is 604 g/mol. The molecule has 5 aliphatic rings. The van der Waals surface area contributed by atoms with Crippen molar-refractivity contribution in [3.63, 3.8) is 0 Å². The van der Waals surface area contributed by atoms with Crippen molar-refractivity contribution >= 4 is 39.7 Å². The average Bonchev–Trinajstić information content (AvgIpc) is 3.74. The first kappa shape index (κ1) is 27.3.